The van der Waals surface area contributed by atoms with Gasteiger partial charge in [0.15, 0.2) is 0 Å². The first-order chi connectivity index (χ1) is 9.45. The Morgan fingerprint density at radius 3 is 2.70 bits per heavy atom. The van der Waals surface area contributed by atoms with E-state index in [0.717, 1.165) is 0 Å². The van der Waals surface area contributed by atoms with Crippen molar-refractivity contribution in [3.05, 3.63) is 18.0 Å². The molecule has 2 amide bonds. The van der Waals surface area contributed by atoms with Crippen molar-refractivity contribution >= 4 is 17.5 Å². The van der Waals surface area contributed by atoms with Crippen LogP contribution in [0, 0.1) is 0 Å². The maximum atomic E-state index is 12.0. The second-order valence-electron chi connectivity index (χ2n) is 4.69. The van der Waals surface area contributed by atoms with Crippen molar-refractivity contribution in [2.75, 3.05) is 32.5 Å². The molecule has 1 heterocycles. The molecule has 4 N–H and O–H groups in total. The van der Waals surface area contributed by atoms with Crippen molar-refractivity contribution in [3.8, 4) is 0 Å². The minimum absolute atomic E-state index is 0.0777. The van der Waals surface area contributed by atoms with Crippen molar-refractivity contribution in [2.24, 2.45) is 0 Å². The molecule has 0 spiro atoms. The van der Waals surface area contributed by atoms with Crippen molar-refractivity contribution in [3.63, 3.8) is 0 Å². The first-order valence-electron chi connectivity index (χ1n) is 6.47. The van der Waals surface area contributed by atoms with E-state index in [0.29, 0.717) is 24.5 Å². The zero-order valence-corrected chi connectivity index (χ0v) is 12.1. The molecule has 0 aromatic carbocycles. The van der Waals surface area contributed by atoms with Crippen molar-refractivity contribution < 1.29 is 14.3 Å². The molecular formula is C13H22N4O3. The first-order valence-corrected chi connectivity index (χ1v) is 6.47. The fraction of sp³-hybridized carbons (Fsp3) is 0.538. The summed E-state index contributed by atoms with van der Waals surface area (Å²) >= 11 is 0. The van der Waals surface area contributed by atoms with Gasteiger partial charge in [-0.25, -0.2) is 0 Å². The molecule has 0 bridgehead atoms. The molecule has 1 aromatic heterocycles. The van der Waals surface area contributed by atoms with E-state index in [1.807, 2.05) is 13.8 Å². The fourth-order valence-corrected chi connectivity index (χ4v) is 1.72. The lowest BCUT2D eigenvalue weighted by Gasteiger charge is -2.12. The van der Waals surface area contributed by atoms with Crippen LogP contribution < -0.4 is 16.4 Å². The van der Waals surface area contributed by atoms with Crippen LogP contribution in [0.25, 0.3) is 0 Å². The Labute approximate surface area is 118 Å². The first kappa shape index (κ1) is 16.0. The number of carbonyl (C=O) groups is 2. The molecule has 7 nitrogen and oxygen atoms in total. The zero-order valence-electron chi connectivity index (χ0n) is 12.1. The molecule has 1 rings (SSSR count). The van der Waals surface area contributed by atoms with Gasteiger partial charge >= 0.3 is 0 Å². The van der Waals surface area contributed by atoms with Crippen LogP contribution in [0.2, 0.25) is 0 Å². The summed E-state index contributed by atoms with van der Waals surface area (Å²) in [4.78, 5) is 23.5. The van der Waals surface area contributed by atoms with Gasteiger partial charge in [0.05, 0.1) is 18.8 Å². The van der Waals surface area contributed by atoms with E-state index in [1.54, 1.807) is 23.9 Å². The molecule has 0 saturated heterocycles. The molecule has 0 atom stereocenters. The molecule has 0 aliphatic rings. The summed E-state index contributed by atoms with van der Waals surface area (Å²) in [7, 11) is 1.55. The van der Waals surface area contributed by atoms with Gasteiger partial charge in [-0.3, -0.25) is 9.59 Å². The summed E-state index contributed by atoms with van der Waals surface area (Å²) in [5.74, 6) is -0.580. The number of anilines is 1. The zero-order chi connectivity index (χ0) is 15.1. The summed E-state index contributed by atoms with van der Waals surface area (Å²) < 4.78 is 6.58. The number of ether oxygens (including phenoxy) is 1. The summed E-state index contributed by atoms with van der Waals surface area (Å²) in [5.41, 5.74) is 6.67. The molecule has 0 aliphatic heterocycles. The number of nitrogen functional groups attached to an aromatic ring is 1. The third kappa shape index (κ3) is 4.58. The Balaban J connectivity index is 2.53. The number of amides is 2. The molecule has 7 heteroatoms. The summed E-state index contributed by atoms with van der Waals surface area (Å²) in [6.07, 6.45) is 1.71. The highest BCUT2D eigenvalue weighted by Crippen LogP contribution is 2.16. The predicted molar refractivity (Wildman–Crippen MR) is 76.4 cm³/mol. The highest BCUT2D eigenvalue weighted by Gasteiger charge is 2.15. The fourth-order valence-electron chi connectivity index (χ4n) is 1.72. The third-order valence-electron chi connectivity index (χ3n) is 2.70. The largest absolute Gasteiger partial charge is 0.397 e. The normalized spacial score (nSPS) is 10.6. The van der Waals surface area contributed by atoms with Gasteiger partial charge in [-0.1, -0.05) is 0 Å². The smallest absolute Gasteiger partial charge is 0.268 e. The number of aromatic nitrogens is 1. The predicted octanol–water partition coefficient (Wildman–Crippen LogP) is 0.144. The van der Waals surface area contributed by atoms with Crippen LogP contribution in [-0.4, -0.2) is 43.2 Å². The molecule has 1 aromatic rings. The van der Waals surface area contributed by atoms with E-state index in [4.69, 9.17) is 10.5 Å². The van der Waals surface area contributed by atoms with E-state index < -0.39 is 0 Å². The lowest BCUT2D eigenvalue weighted by Crippen LogP contribution is -2.38. The van der Waals surface area contributed by atoms with Gasteiger partial charge in [0.25, 0.3) is 5.91 Å². The van der Waals surface area contributed by atoms with Crippen molar-refractivity contribution in [1.29, 1.82) is 0 Å². The average Bonchev–Trinajstić information content (AvgIpc) is 2.78. The maximum absolute atomic E-state index is 12.0. The topological polar surface area (TPSA) is 98.4 Å². The molecule has 0 fully saturated rings. The molecule has 0 aliphatic carbocycles. The van der Waals surface area contributed by atoms with E-state index in [2.05, 4.69) is 10.6 Å². The quantitative estimate of drug-likeness (QED) is 0.620. The van der Waals surface area contributed by atoms with Crippen molar-refractivity contribution in [2.45, 2.75) is 19.9 Å². The molecule has 112 valence electrons. The number of carbonyl (C=O) groups excluding carboxylic acids is 2. The van der Waals surface area contributed by atoms with E-state index in [9.17, 15) is 9.59 Å². The van der Waals surface area contributed by atoms with Crippen LogP contribution in [0.1, 0.15) is 30.4 Å². The molecular weight excluding hydrogens is 260 g/mol. The minimum Gasteiger partial charge on any atom is -0.397 e. The minimum atomic E-state index is -0.322. The third-order valence-corrected chi connectivity index (χ3v) is 2.70. The lowest BCUT2D eigenvalue weighted by atomic mass is 10.3. The SMILES string of the molecule is COCCNC(=O)CNC(=O)c1cc(N)cn1C(C)C. The number of nitrogens with zero attached hydrogens (tertiary/aromatic N) is 1. The highest BCUT2D eigenvalue weighted by molar-refractivity contribution is 5.96. The Kier molecular flexibility index (Phi) is 6.05. The van der Waals surface area contributed by atoms with Gasteiger partial charge in [-0.2, -0.15) is 0 Å². The summed E-state index contributed by atoms with van der Waals surface area (Å²) in [6.45, 7) is 4.68. The number of nitrogens with one attached hydrogen (secondary N) is 2. The number of methoxy groups -OCH3 is 1. The van der Waals surface area contributed by atoms with Crippen LogP contribution in [0.15, 0.2) is 12.3 Å². The van der Waals surface area contributed by atoms with E-state index in [1.165, 1.54) is 0 Å². The van der Waals surface area contributed by atoms with Crippen LogP contribution in [0.3, 0.4) is 0 Å². The summed E-state index contributed by atoms with van der Waals surface area (Å²) in [6, 6.07) is 1.71. The Bertz CT molecular complexity index is 468. The van der Waals surface area contributed by atoms with Gasteiger partial charge in [-0.15, -0.1) is 0 Å². The average molecular weight is 282 g/mol. The van der Waals surface area contributed by atoms with Gasteiger partial charge < -0.3 is 25.7 Å². The van der Waals surface area contributed by atoms with Gasteiger partial charge in [0, 0.05) is 25.9 Å². The Morgan fingerprint density at radius 1 is 1.40 bits per heavy atom. The lowest BCUT2D eigenvalue weighted by molar-refractivity contribution is -0.120. The van der Waals surface area contributed by atoms with E-state index >= 15 is 0 Å². The van der Waals surface area contributed by atoms with Gasteiger partial charge in [-0.05, 0) is 19.9 Å². The van der Waals surface area contributed by atoms with Crippen LogP contribution >= 0.6 is 0 Å². The number of hydrogen-bond donors (Lipinski definition) is 3. The maximum Gasteiger partial charge on any atom is 0.268 e. The molecule has 0 unspecified atom stereocenters. The Hall–Kier alpha value is -2.02. The number of hydrogen-bond acceptors (Lipinski definition) is 4. The van der Waals surface area contributed by atoms with E-state index in [-0.39, 0.29) is 24.4 Å². The second kappa shape index (κ2) is 7.54. The van der Waals surface area contributed by atoms with Crippen LogP contribution in [-0.2, 0) is 9.53 Å². The van der Waals surface area contributed by atoms with Gasteiger partial charge in [0.2, 0.25) is 5.91 Å². The molecule has 20 heavy (non-hydrogen) atoms. The molecule has 0 saturated carbocycles. The molecule has 0 radical (unpaired) electrons. The number of rotatable bonds is 7. The Morgan fingerprint density at radius 2 is 2.10 bits per heavy atom. The van der Waals surface area contributed by atoms with Gasteiger partial charge in [0.1, 0.15) is 5.69 Å². The number of nitrogens with two attached hydrogens (primary N) is 1. The second-order valence-corrected chi connectivity index (χ2v) is 4.69. The van der Waals surface area contributed by atoms with Crippen LogP contribution in [0.4, 0.5) is 5.69 Å². The van der Waals surface area contributed by atoms with Crippen LogP contribution in [0.5, 0.6) is 0 Å². The van der Waals surface area contributed by atoms with Crippen molar-refractivity contribution in [1.82, 2.24) is 15.2 Å². The standard InChI is InChI=1S/C13H22N4O3/c1-9(2)17-8-10(14)6-11(17)13(19)16-7-12(18)15-4-5-20-3/h6,8-9H,4-5,7,14H2,1-3H3,(H,15,18)(H,16,19). The highest BCUT2D eigenvalue weighted by atomic mass is 16.5. The monoisotopic (exact) mass is 282 g/mol. The summed E-state index contributed by atoms with van der Waals surface area (Å²) in [5, 5.41) is 5.19.